The van der Waals surface area contributed by atoms with Gasteiger partial charge in [-0.15, -0.1) is 0 Å². The molecule has 1 aromatic carbocycles. The van der Waals surface area contributed by atoms with Gasteiger partial charge in [0.2, 0.25) is 5.91 Å². The van der Waals surface area contributed by atoms with Crippen molar-refractivity contribution in [1.29, 1.82) is 0 Å². The van der Waals surface area contributed by atoms with Gasteiger partial charge < -0.3 is 10.4 Å². The summed E-state index contributed by atoms with van der Waals surface area (Å²) in [6.07, 6.45) is 6.62. The maximum Gasteiger partial charge on any atom is 0.326 e. The first-order chi connectivity index (χ1) is 9.13. The fourth-order valence-electron chi connectivity index (χ4n) is 1.52. The molecule has 0 heterocycles. The second-order valence-corrected chi connectivity index (χ2v) is 3.97. The molecule has 0 radical (unpaired) electrons. The monoisotopic (exact) mass is 259 g/mol. The third kappa shape index (κ3) is 5.68. The summed E-state index contributed by atoms with van der Waals surface area (Å²) in [4.78, 5) is 22.6. The largest absolute Gasteiger partial charge is 0.480 e. The van der Waals surface area contributed by atoms with Crippen LogP contribution in [0.5, 0.6) is 0 Å². The van der Waals surface area contributed by atoms with Crippen molar-refractivity contribution >= 4 is 11.9 Å². The number of amides is 1. The van der Waals surface area contributed by atoms with Crippen molar-refractivity contribution in [2.24, 2.45) is 0 Å². The summed E-state index contributed by atoms with van der Waals surface area (Å²) in [6.45, 7) is 1.83. The Hall–Kier alpha value is -2.36. The Labute approximate surface area is 112 Å². The summed E-state index contributed by atoms with van der Waals surface area (Å²) in [6, 6.07) is 8.27. The number of carboxylic acid groups (broad SMARTS) is 1. The molecule has 0 saturated heterocycles. The average Bonchev–Trinajstić information content (AvgIpc) is 2.39. The molecule has 0 spiro atoms. The number of carboxylic acids is 1. The first-order valence-corrected chi connectivity index (χ1v) is 6.00. The predicted molar refractivity (Wildman–Crippen MR) is 73.7 cm³/mol. The highest BCUT2D eigenvalue weighted by atomic mass is 16.4. The van der Waals surface area contributed by atoms with E-state index >= 15 is 0 Å². The van der Waals surface area contributed by atoms with Crippen LogP contribution < -0.4 is 5.32 Å². The number of carbonyl (C=O) groups excluding carboxylic acids is 1. The van der Waals surface area contributed by atoms with E-state index in [1.54, 1.807) is 18.2 Å². The van der Waals surface area contributed by atoms with Crippen LogP contribution in [0.25, 0.3) is 0 Å². The van der Waals surface area contributed by atoms with Crippen LogP contribution in [0.3, 0.4) is 0 Å². The van der Waals surface area contributed by atoms with Crippen LogP contribution in [0.15, 0.2) is 54.6 Å². The number of benzene rings is 1. The zero-order chi connectivity index (χ0) is 14.1. The molecule has 2 N–H and O–H groups in total. The van der Waals surface area contributed by atoms with Gasteiger partial charge in [0.1, 0.15) is 6.04 Å². The van der Waals surface area contributed by atoms with E-state index in [2.05, 4.69) is 5.32 Å². The van der Waals surface area contributed by atoms with Gasteiger partial charge in [-0.3, -0.25) is 4.79 Å². The Morgan fingerprint density at radius 2 is 1.95 bits per heavy atom. The van der Waals surface area contributed by atoms with Crippen molar-refractivity contribution in [2.45, 2.75) is 19.4 Å². The zero-order valence-corrected chi connectivity index (χ0v) is 10.7. The maximum absolute atomic E-state index is 11.5. The van der Waals surface area contributed by atoms with Gasteiger partial charge in [-0.1, -0.05) is 48.6 Å². The number of hydrogen-bond acceptors (Lipinski definition) is 2. The van der Waals surface area contributed by atoms with Crippen molar-refractivity contribution < 1.29 is 14.7 Å². The van der Waals surface area contributed by atoms with Gasteiger partial charge >= 0.3 is 5.97 Å². The maximum atomic E-state index is 11.5. The third-order valence-electron chi connectivity index (χ3n) is 2.45. The van der Waals surface area contributed by atoms with Crippen LogP contribution in [0.4, 0.5) is 0 Å². The molecule has 100 valence electrons. The van der Waals surface area contributed by atoms with Gasteiger partial charge in [0.05, 0.1) is 0 Å². The Kier molecular flexibility index (Phi) is 6.09. The Morgan fingerprint density at radius 1 is 1.26 bits per heavy atom. The number of allylic oxidation sites excluding steroid dienone is 3. The molecule has 1 atom stereocenters. The highest BCUT2D eigenvalue weighted by Crippen LogP contribution is 2.03. The Morgan fingerprint density at radius 3 is 2.53 bits per heavy atom. The smallest absolute Gasteiger partial charge is 0.326 e. The first kappa shape index (κ1) is 14.7. The molecular weight excluding hydrogens is 242 g/mol. The van der Waals surface area contributed by atoms with Crippen molar-refractivity contribution in [3.63, 3.8) is 0 Å². The van der Waals surface area contributed by atoms with Gasteiger partial charge in [-0.25, -0.2) is 4.79 Å². The molecule has 0 aliphatic rings. The average molecular weight is 259 g/mol. The standard InChI is InChI=1S/C15H17NO3/c1-2-3-5-10-14(17)16-13(15(18)19)11-12-8-6-4-7-9-12/h2-10,13H,11H2,1H3,(H,16,17)(H,18,19)/b3-2+,10-5+. The third-order valence-corrected chi connectivity index (χ3v) is 2.45. The van der Waals surface area contributed by atoms with E-state index in [1.165, 1.54) is 6.08 Å². The second-order valence-electron chi connectivity index (χ2n) is 3.97. The molecule has 1 rings (SSSR count). The minimum absolute atomic E-state index is 0.263. The van der Waals surface area contributed by atoms with Gasteiger partial charge in [-0.2, -0.15) is 0 Å². The summed E-state index contributed by atoms with van der Waals surface area (Å²) >= 11 is 0. The Balaban J connectivity index is 2.64. The topological polar surface area (TPSA) is 66.4 Å². The van der Waals surface area contributed by atoms with Crippen LogP contribution in [-0.4, -0.2) is 23.0 Å². The van der Waals surface area contributed by atoms with Crippen molar-refractivity contribution in [2.75, 3.05) is 0 Å². The number of rotatable bonds is 6. The van der Waals surface area contributed by atoms with E-state index < -0.39 is 17.9 Å². The molecule has 1 amide bonds. The van der Waals surface area contributed by atoms with Crippen molar-refractivity contribution in [3.8, 4) is 0 Å². The molecule has 4 nitrogen and oxygen atoms in total. The molecule has 0 saturated carbocycles. The number of aliphatic carboxylic acids is 1. The summed E-state index contributed by atoms with van der Waals surface area (Å²) < 4.78 is 0. The highest BCUT2D eigenvalue weighted by Gasteiger charge is 2.18. The lowest BCUT2D eigenvalue weighted by molar-refractivity contribution is -0.141. The van der Waals surface area contributed by atoms with Gasteiger partial charge in [-0.05, 0) is 12.5 Å². The van der Waals surface area contributed by atoms with Gasteiger partial charge in [0.25, 0.3) is 0 Å². The van der Waals surface area contributed by atoms with E-state index in [4.69, 9.17) is 5.11 Å². The molecule has 0 aliphatic carbocycles. The second kappa shape index (κ2) is 7.87. The summed E-state index contributed by atoms with van der Waals surface area (Å²) in [5.74, 6) is -1.46. The molecule has 0 bridgehead atoms. The zero-order valence-electron chi connectivity index (χ0n) is 10.7. The van der Waals surface area contributed by atoms with Crippen LogP contribution in [0.2, 0.25) is 0 Å². The minimum atomic E-state index is -1.04. The molecule has 1 aromatic rings. The lowest BCUT2D eigenvalue weighted by atomic mass is 10.1. The minimum Gasteiger partial charge on any atom is -0.480 e. The SMILES string of the molecule is C/C=C/C=C/C(=O)NC(Cc1ccccc1)C(=O)O. The van der Waals surface area contributed by atoms with E-state index in [9.17, 15) is 9.59 Å². The van der Waals surface area contributed by atoms with Crippen LogP contribution in [-0.2, 0) is 16.0 Å². The quantitative estimate of drug-likeness (QED) is 0.606. The van der Waals surface area contributed by atoms with Crippen LogP contribution >= 0.6 is 0 Å². The number of carbonyl (C=O) groups is 2. The molecule has 0 aliphatic heterocycles. The fraction of sp³-hybridized carbons (Fsp3) is 0.200. The fourth-order valence-corrected chi connectivity index (χ4v) is 1.52. The van der Waals surface area contributed by atoms with E-state index in [-0.39, 0.29) is 6.42 Å². The lowest BCUT2D eigenvalue weighted by Gasteiger charge is -2.13. The van der Waals surface area contributed by atoms with Crippen molar-refractivity contribution in [1.82, 2.24) is 5.32 Å². The van der Waals surface area contributed by atoms with E-state index in [0.29, 0.717) is 0 Å². The number of nitrogens with one attached hydrogen (secondary N) is 1. The van der Waals surface area contributed by atoms with Crippen LogP contribution in [0.1, 0.15) is 12.5 Å². The molecular formula is C15H17NO3. The van der Waals surface area contributed by atoms with Crippen LogP contribution in [0, 0.1) is 0 Å². The first-order valence-electron chi connectivity index (χ1n) is 6.00. The molecule has 4 heteroatoms. The summed E-state index contributed by atoms with van der Waals surface area (Å²) in [5, 5.41) is 11.6. The van der Waals surface area contributed by atoms with Gasteiger partial charge in [0, 0.05) is 12.5 Å². The molecule has 19 heavy (non-hydrogen) atoms. The predicted octanol–water partition coefficient (Wildman–Crippen LogP) is 1.93. The normalized spacial score (nSPS) is 12.7. The summed E-state index contributed by atoms with van der Waals surface area (Å²) in [7, 11) is 0. The van der Waals surface area contributed by atoms with Gasteiger partial charge in [0.15, 0.2) is 0 Å². The van der Waals surface area contributed by atoms with E-state index in [0.717, 1.165) is 5.56 Å². The Bertz CT molecular complexity index is 477. The number of hydrogen-bond donors (Lipinski definition) is 2. The molecule has 0 aromatic heterocycles. The van der Waals surface area contributed by atoms with E-state index in [1.807, 2.05) is 37.3 Å². The summed E-state index contributed by atoms with van der Waals surface area (Å²) in [5.41, 5.74) is 0.868. The lowest BCUT2D eigenvalue weighted by Crippen LogP contribution is -2.41. The highest BCUT2D eigenvalue weighted by molar-refractivity contribution is 5.91. The molecule has 0 fully saturated rings. The van der Waals surface area contributed by atoms with Crippen molar-refractivity contribution in [3.05, 3.63) is 60.2 Å². The molecule has 1 unspecified atom stereocenters.